The van der Waals surface area contributed by atoms with Gasteiger partial charge in [0.2, 0.25) is 5.91 Å². The van der Waals surface area contributed by atoms with Gasteiger partial charge in [-0.2, -0.15) is 13.2 Å². The van der Waals surface area contributed by atoms with Crippen LogP contribution in [0.3, 0.4) is 0 Å². The van der Waals surface area contributed by atoms with E-state index in [0.717, 1.165) is 93.8 Å². The van der Waals surface area contributed by atoms with Gasteiger partial charge in [0.1, 0.15) is 17.0 Å². The maximum atomic E-state index is 12.9. The molecular formula is C24H32F3N5OS. The van der Waals surface area contributed by atoms with E-state index in [1.165, 1.54) is 6.33 Å². The Bertz CT molecular complexity index is 1040. The third-order valence-electron chi connectivity index (χ3n) is 7.76. The van der Waals surface area contributed by atoms with Crippen molar-refractivity contribution < 1.29 is 18.0 Å². The van der Waals surface area contributed by atoms with Crippen molar-refractivity contribution in [1.82, 2.24) is 20.2 Å². The van der Waals surface area contributed by atoms with Crippen molar-refractivity contribution in [1.29, 1.82) is 0 Å². The lowest BCUT2D eigenvalue weighted by atomic mass is 9.85. The van der Waals surface area contributed by atoms with Crippen molar-refractivity contribution in [2.45, 2.75) is 64.1 Å². The number of hydrogen-bond donors (Lipinski definition) is 1. The Morgan fingerprint density at radius 2 is 1.94 bits per heavy atom. The first-order valence-corrected chi connectivity index (χ1v) is 13.0. The van der Waals surface area contributed by atoms with Crippen molar-refractivity contribution in [2.75, 3.05) is 37.6 Å². The first kappa shape index (κ1) is 23.8. The van der Waals surface area contributed by atoms with E-state index >= 15 is 0 Å². The molecule has 4 heterocycles. The fourth-order valence-electron chi connectivity index (χ4n) is 6.20. The number of anilines is 1. The first-order valence-electron chi connectivity index (χ1n) is 12.2. The summed E-state index contributed by atoms with van der Waals surface area (Å²) in [4.78, 5) is 25.8. The molecule has 5 rings (SSSR count). The lowest BCUT2D eigenvalue weighted by molar-refractivity contribution is -0.126. The van der Waals surface area contributed by atoms with Gasteiger partial charge in [0.05, 0.1) is 11.8 Å². The zero-order chi connectivity index (χ0) is 23.9. The zero-order valence-corrected chi connectivity index (χ0v) is 20.4. The molecule has 2 aliphatic heterocycles. The minimum Gasteiger partial charge on any atom is -0.355 e. The van der Waals surface area contributed by atoms with E-state index in [1.54, 1.807) is 13.0 Å². The number of likely N-dealkylation sites (tertiary alicyclic amines) is 1. The average molecular weight is 496 g/mol. The van der Waals surface area contributed by atoms with Gasteiger partial charge in [0, 0.05) is 49.4 Å². The predicted molar refractivity (Wildman–Crippen MR) is 127 cm³/mol. The zero-order valence-electron chi connectivity index (χ0n) is 19.5. The minimum absolute atomic E-state index is 0.0655. The number of rotatable bonds is 5. The standard InChI is InChI=1S/C24H32F3N5OS/c1-16(33)30-18-4-2-17(3-5-18)12-31-8-6-23(13-31)7-9-32(14-23)21-20-10-19(11-24(25,26)27)34-22(20)29-15-28-21/h10,15,17-18H,2-9,11-14H2,1H3,(H,30,33)/t17-,18+,23?. The molecule has 0 bridgehead atoms. The topological polar surface area (TPSA) is 61.4 Å². The van der Waals surface area contributed by atoms with Gasteiger partial charge >= 0.3 is 6.18 Å². The maximum absolute atomic E-state index is 12.9. The Balaban J connectivity index is 1.19. The van der Waals surface area contributed by atoms with E-state index in [4.69, 9.17) is 0 Å². The highest BCUT2D eigenvalue weighted by molar-refractivity contribution is 7.18. The van der Waals surface area contributed by atoms with Gasteiger partial charge in [0.25, 0.3) is 0 Å². The van der Waals surface area contributed by atoms with E-state index < -0.39 is 12.6 Å². The number of carbonyl (C=O) groups is 1. The van der Waals surface area contributed by atoms with E-state index in [1.807, 2.05) is 0 Å². The van der Waals surface area contributed by atoms with Gasteiger partial charge in [-0.1, -0.05) is 0 Å². The molecule has 10 heteroatoms. The van der Waals surface area contributed by atoms with Crippen LogP contribution in [0.2, 0.25) is 0 Å². The second-order valence-corrected chi connectivity index (χ2v) is 11.6. The second-order valence-electron chi connectivity index (χ2n) is 10.5. The number of thiophene rings is 1. The third kappa shape index (κ3) is 5.32. The molecular weight excluding hydrogens is 463 g/mol. The quantitative estimate of drug-likeness (QED) is 0.667. The summed E-state index contributed by atoms with van der Waals surface area (Å²) >= 11 is 1.11. The number of nitrogens with one attached hydrogen (secondary N) is 1. The Hall–Kier alpha value is -1.94. The molecule has 1 aliphatic carbocycles. The number of hydrogen-bond acceptors (Lipinski definition) is 6. The van der Waals surface area contributed by atoms with Gasteiger partial charge in [-0.3, -0.25) is 4.79 Å². The molecule has 2 aromatic rings. The fraction of sp³-hybridized carbons (Fsp3) is 0.708. The third-order valence-corrected chi connectivity index (χ3v) is 8.80. The highest BCUT2D eigenvalue weighted by atomic mass is 32.1. The summed E-state index contributed by atoms with van der Waals surface area (Å²) in [6.07, 6.45) is 3.05. The molecule has 1 N–H and O–H groups in total. The molecule has 3 fully saturated rings. The molecule has 186 valence electrons. The molecule has 3 aliphatic rings. The second kappa shape index (κ2) is 9.26. The number of fused-ring (bicyclic) bond motifs is 1. The Morgan fingerprint density at radius 3 is 2.68 bits per heavy atom. The molecule has 34 heavy (non-hydrogen) atoms. The van der Waals surface area contributed by atoms with Gasteiger partial charge in [-0.05, 0) is 57.1 Å². The van der Waals surface area contributed by atoms with Crippen LogP contribution < -0.4 is 10.2 Å². The smallest absolute Gasteiger partial charge is 0.355 e. The number of halogens is 3. The predicted octanol–water partition coefficient (Wildman–Crippen LogP) is 4.39. The van der Waals surface area contributed by atoms with Crippen molar-refractivity contribution >= 4 is 33.3 Å². The Labute approximate surface area is 201 Å². The summed E-state index contributed by atoms with van der Waals surface area (Å²) in [5.74, 6) is 1.54. The highest BCUT2D eigenvalue weighted by Crippen LogP contribution is 2.43. The number of amides is 1. The Kier molecular flexibility index (Phi) is 6.48. The van der Waals surface area contributed by atoms with Crippen molar-refractivity contribution in [3.63, 3.8) is 0 Å². The van der Waals surface area contributed by atoms with Gasteiger partial charge in [-0.15, -0.1) is 11.3 Å². The van der Waals surface area contributed by atoms with E-state index in [2.05, 4.69) is 25.1 Å². The Morgan fingerprint density at radius 1 is 1.18 bits per heavy atom. The molecule has 2 saturated heterocycles. The molecule has 2 aromatic heterocycles. The van der Waals surface area contributed by atoms with Crippen LogP contribution in [0, 0.1) is 11.3 Å². The van der Waals surface area contributed by atoms with Crippen LogP contribution in [0.1, 0.15) is 50.3 Å². The van der Waals surface area contributed by atoms with Crippen molar-refractivity contribution in [3.05, 3.63) is 17.3 Å². The summed E-state index contributed by atoms with van der Waals surface area (Å²) in [5.41, 5.74) is 0.232. The van der Waals surface area contributed by atoms with Crippen LogP contribution in [0.5, 0.6) is 0 Å². The van der Waals surface area contributed by atoms with E-state index in [-0.39, 0.29) is 11.3 Å². The van der Waals surface area contributed by atoms with E-state index in [9.17, 15) is 18.0 Å². The lowest BCUT2D eigenvalue weighted by Crippen LogP contribution is -2.39. The first-order chi connectivity index (χ1) is 16.2. The SMILES string of the molecule is CC(=O)N[C@H]1CC[C@@H](CN2CCC3(CCN(c4ncnc5sc(CC(F)(F)F)cc45)C3)C2)CC1. The summed E-state index contributed by atoms with van der Waals surface area (Å²) in [5, 5.41) is 3.80. The van der Waals surface area contributed by atoms with Gasteiger partial charge < -0.3 is 15.1 Å². The molecule has 0 aromatic carbocycles. The lowest BCUT2D eigenvalue weighted by Gasteiger charge is -2.32. The molecule has 1 spiro atoms. The van der Waals surface area contributed by atoms with Gasteiger partial charge in [0.15, 0.2) is 0 Å². The fourth-order valence-corrected chi connectivity index (χ4v) is 7.23. The molecule has 6 nitrogen and oxygen atoms in total. The largest absolute Gasteiger partial charge is 0.393 e. The van der Waals surface area contributed by atoms with E-state index in [0.29, 0.717) is 21.7 Å². The molecule has 1 unspecified atom stereocenters. The van der Waals surface area contributed by atoms with Crippen molar-refractivity contribution in [2.24, 2.45) is 11.3 Å². The van der Waals surface area contributed by atoms with Crippen LogP contribution in [0.4, 0.5) is 19.0 Å². The molecule has 1 atom stereocenters. The number of carbonyl (C=O) groups excluding carboxylic acids is 1. The maximum Gasteiger partial charge on any atom is 0.393 e. The minimum atomic E-state index is -4.22. The highest BCUT2D eigenvalue weighted by Gasteiger charge is 2.44. The van der Waals surface area contributed by atoms with Crippen LogP contribution in [-0.2, 0) is 11.2 Å². The summed E-state index contributed by atoms with van der Waals surface area (Å²) in [6.45, 7) is 6.67. The summed E-state index contributed by atoms with van der Waals surface area (Å²) < 4.78 is 38.7. The van der Waals surface area contributed by atoms with Gasteiger partial charge in [-0.25, -0.2) is 9.97 Å². The van der Waals surface area contributed by atoms with Crippen LogP contribution in [0.15, 0.2) is 12.4 Å². The molecule has 1 saturated carbocycles. The average Bonchev–Trinajstić information content (AvgIpc) is 3.46. The van der Waals surface area contributed by atoms with Crippen LogP contribution in [0.25, 0.3) is 10.2 Å². The number of nitrogens with zero attached hydrogens (tertiary/aromatic N) is 4. The van der Waals surface area contributed by atoms with Crippen molar-refractivity contribution in [3.8, 4) is 0 Å². The molecule has 0 radical (unpaired) electrons. The van der Waals surface area contributed by atoms with Crippen LogP contribution in [-0.4, -0.2) is 65.7 Å². The number of aromatic nitrogens is 2. The number of alkyl halides is 3. The normalized spacial score (nSPS) is 28.3. The summed E-state index contributed by atoms with van der Waals surface area (Å²) in [7, 11) is 0. The molecule has 1 amide bonds. The van der Waals surface area contributed by atoms with Crippen LogP contribution >= 0.6 is 11.3 Å². The summed E-state index contributed by atoms with van der Waals surface area (Å²) in [6, 6.07) is 1.96. The monoisotopic (exact) mass is 495 g/mol.